The standard InChI is InChI=1S/C17H23N3O3S/c21-14(10-18-15(22)16(23)20-12-5-6-12)19-11-17(7-1-2-8-17)13-4-3-9-24-13/h3-4,9,12H,1-2,5-8,10-11H2,(H,18,22)(H,19,21)(H,20,23). The van der Waals surface area contributed by atoms with Gasteiger partial charge in [-0.25, -0.2) is 0 Å². The fourth-order valence-electron chi connectivity index (χ4n) is 3.19. The Morgan fingerprint density at radius 3 is 2.50 bits per heavy atom. The van der Waals surface area contributed by atoms with Gasteiger partial charge in [-0.05, 0) is 37.1 Å². The maximum absolute atomic E-state index is 12.0. The van der Waals surface area contributed by atoms with E-state index < -0.39 is 11.8 Å². The van der Waals surface area contributed by atoms with Gasteiger partial charge in [-0.3, -0.25) is 14.4 Å². The lowest BCUT2D eigenvalue weighted by atomic mass is 9.84. The molecule has 3 amide bonds. The molecule has 0 atom stereocenters. The Hall–Kier alpha value is -1.89. The third-order valence-corrected chi connectivity index (χ3v) is 5.87. The average Bonchev–Trinajstić information content (AvgIpc) is 3.07. The zero-order valence-corrected chi connectivity index (χ0v) is 14.4. The molecule has 1 aromatic heterocycles. The van der Waals surface area contributed by atoms with Crippen molar-refractivity contribution in [2.75, 3.05) is 13.1 Å². The minimum atomic E-state index is -0.745. The lowest BCUT2D eigenvalue weighted by Crippen LogP contribution is -2.46. The highest BCUT2D eigenvalue weighted by Crippen LogP contribution is 2.42. The van der Waals surface area contributed by atoms with Crippen molar-refractivity contribution in [1.29, 1.82) is 0 Å². The zero-order valence-electron chi connectivity index (χ0n) is 13.6. The van der Waals surface area contributed by atoms with E-state index in [1.165, 1.54) is 17.7 Å². The van der Waals surface area contributed by atoms with E-state index in [0.29, 0.717) is 6.54 Å². The molecule has 0 spiro atoms. The predicted octanol–water partition coefficient (Wildman–Crippen LogP) is 1.07. The average molecular weight is 349 g/mol. The molecule has 7 heteroatoms. The first-order chi connectivity index (χ1) is 11.6. The van der Waals surface area contributed by atoms with Gasteiger partial charge in [-0.2, -0.15) is 0 Å². The van der Waals surface area contributed by atoms with Gasteiger partial charge in [0.25, 0.3) is 0 Å². The van der Waals surface area contributed by atoms with Gasteiger partial charge >= 0.3 is 11.8 Å². The summed E-state index contributed by atoms with van der Waals surface area (Å²) in [6, 6.07) is 4.30. The summed E-state index contributed by atoms with van der Waals surface area (Å²) in [4.78, 5) is 36.5. The molecule has 1 heterocycles. The minimum absolute atomic E-state index is 0.0250. The molecule has 0 saturated heterocycles. The van der Waals surface area contributed by atoms with Crippen LogP contribution in [-0.4, -0.2) is 36.9 Å². The molecule has 130 valence electrons. The SMILES string of the molecule is O=C(CNC(=O)C(=O)NC1CC1)NCC1(c2cccs2)CCCC1. The van der Waals surface area contributed by atoms with Gasteiger partial charge in [0.05, 0.1) is 6.54 Å². The molecule has 24 heavy (non-hydrogen) atoms. The summed E-state index contributed by atoms with van der Waals surface area (Å²) in [5.74, 6) is -1.66. The highest BCUT2D eigenvalue weighted by molar-refractivity contribution is 7.10. The van der Waals surface area contributed by atoms with Crippen molar-refractivity contribution in [2.45, 2.75) is 50.0 Å². The van der Waals surface area contributed by atoms with E-state index in [2.05, 4.69) is 27.4 Å². The van der Waals surface area contributed by atoms with Crippen molar-refractivity contribution in [2.24, 2.45) is 0 Å². The second-order valence-corrected chi connectivity index (χ2v) is 7.62. The zero-order chi connectivity index (χ0) is 17.0. The molecule has 0 aliphatic heterocycles. The number of nitrogens with one attached hydrogen (secondary N) is 3. The van der Waals surface area contributed by atoms with Gasteiger partial charge in [0, 0.05) is 22.9 Å². The van der Waals surface area contributed by atoms with Crippen molar-refractivity contribution < 1.29 is 14.4 Å². The number of rotatable bonds is 6. The van der Waals surface area contributed by atoms with Crippen LogP contribution in [0.3, 0.4) is 0 Å². The second kappa shape index (κ2) is 7.34. The van der Waals surface area contributed by atoms with Crippen LogP contribution in [0.1, 0.15) is 43.4 Å². The first kappa shape index (κ1) is 17.0. The number of carbonyl (C=O) groups excluding carboxylic acids is 3. The Balaban J connectivity index is 1.44. The Morgan fingerprint density at radius 1 is 1.12 bits per heavy atom. The van der Waals surface area contributed by atoms with Crippen LogP contribution in [0, 0.1) is 0 Å². The third kappa shape index (κ3) is 4.14. The lowest BCUT2D eigenvalue weighted by Gasteiger charge is -2.28. The van der Waals surface area contributed by atoms with Crippen LogP contribution in [-0.2, 0) is 19.8 Å². The van der Waals surface area contributed by atoms with E-state index >= 15 is 0 Å². The molecule has 2 aliphatic carbocycles. The molecule has 3 rings (SSSR count). The first-order valence-electron chi connectivity index (χ1n) is 8.48. The van der Waals surface area contributed by atoms with E-state index in [0.717, 1.165) is 25.7 Å². The van der Waals surface area contributed by atoms with Crippen LogP contribution in [0.4, 0.5) is 0 Å². The largest absolute Gasteiger partial charge is 0.354 e. The molecule has 2 saturated carbocycles. The normalized spacial score (nSPS) is 18.8. The van der Waals surface area contributed by atoms with Crippen LogP contribution in [0.2, 0.25) is 0 Å². The number of hydrogen-bond donors (Lipinski definition) is 3. The fourth-order valence-corrected chi connectivity index (χ4v) is 4.18. The fraction of sp³-hybridized carbons (Fsp3) is 0.588. The molecule has 0 bridgehead atoms. The highest BCUT2D eigenvalue weighted by Gasteiger charge is 2.36. The van der Waals surface area contributed by atoms with Crippen molar-refractivity contribution >= 4 is 29.1 Å². The molecular weight excluding hydrogens is 326 g/mol. The van der Waals surface area contributed by atoms with Crippen LogP contribution < -0.4 is 16.0 Å². The summed E-state index contributed by atoms with van der Waals surface area (Å²) in [7, 11) is 0. The van der Waals surface area contributed by atoms with E-state index in [9.17, 15) is 14.4 Å². The minimum Gasteiger partial charge on any atom is -0.354 e. The second-order valence-electron chi connectivity index (χ2n) is 6.67. The molecule has 1 aromatic rings. The van der Waals surface area contributed by atoms with Crippen molar-refractivity contribution in [3.63, 3.8) is 0 Å². The van der Waals surface area contributed by atoms with Gasteiger partial charge in [-0.1, -0.05) is 18.9 Å². The van der Waals surface area contributed by atoms with Gasteiger partial charge < -0.3 is 16.0 Å². The van der Waals surface area contributed by atoms with E-state index in [1.807, 2.05) is 6.07 Å². The molecule has 0 aromatic carbocycles. The van der Waals surface area contributed by atoms with Crippen LogP contribution in [0.25, 0.3) is 0 Å². The Morgan fingerprint density at radius 2 is 1.88 bits per heavy atom. The van der Waals surface area contributed by atoms with Crippen LogP contribution in [0.15, 0.2) is 17.5 Å². The summed E-state index contributed by atoms with van der Waals surface area (Å²) < 4.78 is 0. The van der Waals surface area contributed by atoms with Gasteiger partial charge in [-0.15, -0.1) is 11.3 Å². The Labute approximate surface area is 145 Å². The monoisotopic (exact) mass is 349 g/mol. The van der Waals surface area contributed by atoms with Gasteiger partial charge in [0.1, 0.15) is 0 Å². The molecule has 0 unspecified atom stereocenters. The number of hydrogen-bond acceptors (Lipinski definition) is 4. The third-order valence-electron chi connectivity index (χ3n) is 4.76. The predicted molar refractivity (Wildman–Crippen MR) is 91.6 cm³/mol. The summed E-state index contributed by atoms with van der Waals surface area (Å²) in [6.07, 6.45) is 6.33. The van der Waals surface area contributed by atoms with Gasteiger partial charge in [0.15, 0.2) is 0 Å². The van der Waals surface area contributed by atoms with Crippen molar-refractivity contribution in [1.82, 2.24) is 16.0 Å². The van der Waals surface area contributed by atoms with Gasteiger partial charge in [0.2, 0.25) is 5.91 Å². The summed E-state index contributed by atoms with van der Waals surface area (Å²) in [6.45, 7) is 0.411. The molecule has 2 aliphatic rings. The molecule has 6 nitrogen and oxygen atoms in total. The first-order valence-corrected chi connectivity index (χ1v) is 9.36. The Kier molecular flexibility index (Phi) is 5.18. The lowest BCUT2D eigenvalue weighted by molar-refractivity contribution is -0.139. The van der Waals surface area contributed by atoms with Crippen molar-refractivity contribution in [3.05, 3.63) is 22.4 Å². The quantitative estimate of drug-likeness (QED) is 0.672. The van der Waals surface area contributed by atoms with E-state index in [4.69, 9.17) is 0 Å². The topological polar surface area (TPSA) is 87.3 Å². The smallest absolute Gasteiger partial charge is 0.309 e. The van der Waals surface area contributed by atoms with Crippen LogP contribution >= 0.6 is 11.3 Å². The molecular formula is C17H23N3O3S. The molecule has 3 N–H and O–H groups in total. The number of amides is 3. The summed E-state index contributed by atoms with van der Waals surface area (Å²) >= 11 is 1.73. The number of thiophene rings is 1. The summed E-state index contributed by atoms with van der Waals surface area (Å²) in [5, 5.41) is 9.96. The van der Waals surface area contributed by atoms with E-state index in [-0.39, 0.29) is 23.9 Å². The Bertz CT molecular complexity index is 605. The maximum atomic E-state index is 12.0. The number of carbonyl (C=O) groups is 3. The maximum Gasteiger partial charge on any atom is 0.309 e. The molecule has 2 fully saturated rings. The van der Waals surface area contributed by atoms with Crippen molar-refractivity contribution in [3.8, 4) is 0 Å². The summed E-state index contributed by atoms with van der Waals surface area (Å²) in [5.41, 5.74) is 0.0250. The van der Waals surface area contributed by atoms with E-state index in [1.54, 1.807) is 11.3 Å². The molecule has 0 radical (unpaired) electrons. The highest BCUT2D eigenvalue weighted by atomic mass is 32.1. The van der Waals surface area contributed by atoms with Crippen LogP contribution in [0.5, 0.6) is 0 Å².